The van der Waals surface area contributed by atoms with Gasteiger partial charge >= 0.3 is 0 Å². The van der Waals surface area contributed by atoms with Crippen molar-refractivity contribution in [2.24, 2.45) is 4.99 Å². The molecule has 158 valence electrons. The molecule has 0 spiro atoms. The monoisotopic (exact) mass is 494 g/mol. The predicted molar refractivity (Wildman–Crippen MR) is 135 cm³/mol. The molecule has 0 saturated carbocycles. The summed E-state index contributed by atoms with van der Waals surface area (Å²) in [6.07, 6.45) is 1.94. The number of carbonyl (C=O) groups is 1. The molecule has 1 aromatic heterocycles. The second-order valence-electron chi connectivity index (χ2n) is 7.53. The fourth-order valence-electron chi connectivity index (χ4n) is 3.52. The van der Waals surface area contributed by atoms with Gasteiger partial charge in [-0.3, -0.25) is 4.79 Å². The molecule has 5 nitrogen and oxygen atoms in total. The van der Waals surface area contributed by atoms with Crippen LogP contribution in [0.15, 0.2) is 69.0 Å². The van der Waals surface area contributed by atoms with Crippen molar-refractivity contribution in [3.05, 3.63) is 80.9 Å². The van der Waals surface area contributed by atoms with E-state index in [9.17, 15) is 4.79 Å². The lowest BCUT2D eigenvalue weighted by atomic mass is 10.2. The number of thioether (sulfide) groups is 1. The Morgan fingerprint density at radius 2 is 1.84 bits per heavy atom. The summed E-state index contributed by atoms with van der Waals surface area (Å²) in [5, 5.41) is 3.45. The van der Waals surface area contributed by atoms with E-state index in [0.29, 0.717) is 10.1 Å². The van der Waals surface area contributed by atoms with Gasteiger partial charge in [-0.15, -0.1) is 0 Å². The van der Waals surface area contributed by atoms with Crippen LogP contribution in [0.3, 0.4) is 0 Å². The number of rotatable bonds is 4. The van der Waals surface area contributed by atoms with E-state index in [2.05, 4.69) is 79.9 Å². The van der Waals surface area contributed by atoms with Crippen molar-refractivity contribution in [1.82, 2.24) is 9.88 Å². The molecule has 2 heterocycles. The number of anilines is 1. The Kier molecular flexibility index (Phi) is 6.07. The number of nitrogens with one attached hydrogen (secondary N) is 1. The van der Waals surface area contributed by atoms with Crippen LogP contribution >= 0.6 is 27.7 Å². The smallest absolute Gasteiger partial charge is 0.264 e. The van der Waals surface area contributed by atoms with E-state index in [1.54, 1.807) is 0 Å². The van der Waals surface area contributed by atoms with Crippen LogP contribution in [-0.2, 0) is 4.79 Å². The van der Waals surface area contributed by atoms with Gasteiger partial charge in [0.05, 0.1) is 10.6 Å². The van der Waals surface area contributed by atoms with E-state index in [-0.39, 0.29) is 5.91 Å². The van der Waals surface area contributed by atoms with E-state index >= 15 is 0 Å². The maximum Gasteiger partial charge on any atom is 0.264 e. The maximum absolute atomic E-state index is 12.5. The Morgan fingerprint density at radius 3 is 2.52 bits per heavy atom. The molecule has 2 aromatic carbocycles. The Labute approximate surface area is 195 Å². The number of aliphatic imine (C=N–C) groups is 1. The fraction of sp³-hybridized carbons (Fsp3) is 0.167. The predicted octanol–water partition coefficient (Wildman–Crippen LogP) is 5.81. The number of benzene rings is 2. The zero-order chi connectivity index (χ0) is 22.1. The lowest BCUT2D eigenvalue weighted by molar-refractivity contribution is -0.115. The van der Waals surface area contributed by atoms with Crippen LogP contribution in [0.5, 0.6) is 0 Å². The normalized spacial score (nSPS) is 16.2. The summed E-state index contributed by atoms with van der Waals surface area (Å²) >= 11 is 4.81. The highest BCUT2D eigenvalue weighted by Crippen LogP contribution is 2.31. The van der Waals surface area contributed by atoms with E-state index < -0.39 is 0 Å². The Bertz CT molecular complexity index is 1210. The molecule has 0 aliphatic carbocycles. The zero-order valence-corrected chi connectivity index (χ0v) is 20.2. The van der Waals surface area contributed by atoms with E-state index in [1.165, 1.54) is 11.8 Å². The summed E-state index contributed by atoms with van der Waals surface area (Å²) in [7, 11) is 4.06. The number of hydrogen-bond donors (Lipinski definition) is 1. The van der Waals surface area contributed by atoms with Gasteiger partial charge in [0.25, 0.3) is 5.91 Å². The molecular weight excluding hydrogens is 472 g/mol. The molecule has 1 saturated heterocycles. The average Bonchev–Trinajstić information content (AvgIpc) is 3.20. The summed E-state index contributed by atoms with van der Waals surface area (Å²) in [6, 6.07) is 18.2. The number of carbonyl (C=O) groups excluding carboxylic acids is 1. The number of amidine groups is 1. The fourth-order valence-corrected chi connectivity index (χ4v) is 4.74. The minimum atomic E-state index is -0.126. The number of aromatic nitrogens is 1. The highest BCUT2D eigenvalue weighted by Gasteiger charge is 2.24. The van der Waals surface area contributed by atoms with Gasteiger partial charge in [0.2, 0.25) is 0 Å². The molecule has 1 aliphatic heterocycles. The molecule has 0 atom stereocenters. The van der Waals surface area contributed by atoms with Gasteiger partial charge < -0.3 is 14.8 Å². The van der Waals surface area contributed by atoms with Gasteiger partial charge in [-0.2, -0.15) is 0 Å². The zero-order valence-electron chi connectivity index (χ0n) is 17.8. The van der Waals surface area contributed by atoms with Crippen LogP contribution in [0.25, 0.3) is 11.8 Å². The molecule has 3 aromatic rings. The second kappa shape index (κ2) is 8.77. The number of nitrogens with zero attached hydrogens (tertiary/aromatic N) is 3. The summed E-state index contributed by atoms with van der Waals surface area (Å²) in [5.41, 5.74) is 6.28. The third-order valence-electron chi connectivity index (χ3n) is 5.07. The quantitative estimate of drug-likeness (QED) is 0.465. The number of aryl methyl sites for hydroxylation is 1. The topological polar surface area (TPSA) is 49.6 Å². The van der Waals surface area contributed by atoms with Gasteiger partial charge in [-0.05, 0) is 85.8 Å². The molecule has 1 N–H and O–H groups in total. The minimum absolute atomic E-state index is 0.126. The highest BCUT2D eigenvalue weighted by atomic mass is 79.9. The van der Waals surface area contributed by atoms with Crippen LogP contribution < -0.4 is 10.2 Å². The van der Waals surface area contributed by atoms with Crippen molar-refractivity contribution in [3.8, 4) is 5.69 Å². The molecule has 0 bridgehead atoms. The molecule has 31 heavy (non-hydrogen) atoms. The van der Waals surface area contributed by atoms with Crippen molar-refractivity contribution in [2.45, 2.75) is 13.8 Å². The first-order valence-electron chi connectivity index (χ1n) is 9.83. The van der Waals surface area contributed by atoms with Gasteiger partial charge in [-0.1, -0.05) is 22.0 Å². The van der Waals surface area contributed by atoms with Crippen molar-refractivity contribution in [2.75, 3.05) is 19.0 Å². The van der Waals surface area contributed by atoms with Gasteiger partial charge in [-0.25, -0.2) is 4.99 Å². The van der Waals surface area contributed by atoms with Crippen LogP contribution in [-0.4, -0.2) is 29.7 Å². The summed E-state index contributed by atoms with van der Waals surface area (Å²) in [6.45, 7) is 4.16. The van der Waals surface area contributed by atoms with Gasteiger partial charge in [0.1, 0.15) is 0 Å². The lowest BCUT2D eigenvalue weighted by Gasteiger charge is -2.14. The first-order valence-corrected chi connectivity index (χ1v) is 11.4. The molecule has 1 fully saturated rings. The van der Waals surface area contributed by atoms with Crippen molar-refractivity contribution in [1.29, 1.82) is 0 Å². The third-order valence-corrected chi connectivity index (χ3v) is 6.47. The van der Waals surface area contributed by atoms with Crippen LogP contribution in [0, 0.1) is 13.8 Å². The molecule has 0 unspecified atom stereocenters. The molecule has 7 heteroatoms. The Morgan fingerprint density at radius 1 is 1.10 bits per heavy atom. The largest absolute Gasteiger partial charge is 0.378 e. The van der Waals surface area contributed by atoms with E-state index in [1.807, 2.05) is 44.4 Å². The van der Waals surface area contributed by atoms with E-state index in [4.69, 9.17) is 0 Å². The second-order valence-corrected chi connectivity index (χ2v) is 9.48. The summed E-state index contributed by atoms with van der Waals surface area (Å²) in [4.78, 5) is 19.8. The van der Waals surface area contributed by atoms with Crippen LogP contribution in [0.2, 0.25) is 0 Å². The average molecular weight is 495 g/mol. The first-order chi connectivity index (χ1) is 14.8. The molecular formula is C24H23BrN4OS. The highest BCUT2D eigenvalue weighted by molar-refractivity contribution is 9.10. The number of halogens is 1. The van der Waals surface area contributed by atoms with Crippen molar-refractivity contribution >= 4 is 56.2 Å². The molecule has 0 radical (unpaired) electrons. The first kappa shape index (κ1) is 21.5. The Balaban J connectivity index is 1.62. The van der Waals surface area contributed by atoms with Gasteiger partial charge in [0, 0.05) is 41.3 Å². The summed E-state index contributed by atoms with van der Waals surface area (Å²) < 4.78 is 3.16. The third kappa shape index (κ3) is 4.62. The summed E-state index contributed by atoms with van der Waals surface area (Å²) in [5.74, 6) is -0.126. The van der Waals surface area contributed by atoms with Gasteiger partial charge in [0.15, 0.2) is 5.17 Å². The number of hydrogen-bond acceptors (Lipinski definition) is 4. The molecule has 4 rings (SSSR count). The Hall–Kier alpha value is -2.77. The van der Waals surface area contributed by atoms with Crippen molar-refractivity contribution in [3.63, 3.8) is 0 Å². The lowest BCUT2D eigenvalue weighted by Crippen LogP contribution is -2.19. The van der Waals surface area contributed by atoms with E-state index in [0.717, 1.165) is 38.5 Å². The maximum atomic E-state index is 12.5. The SMILES string of the molecule is Cc1cc(/C=C2\SC(=Nc3cccc(Br)c3)NC2=O)c(C)n1-c1ccc(N(C)C)cc1. The molecule has 1 amide bonds. The number of amides is 1. The molecule has 1 aliphatic rings. The van der Waals surface area contributed by atoms with Crippen LogP contribution in [0.1, 0.15) is 17.0 Å². The standard InChI is InChI=1S/C24H23BrN4OS/c1-15-12-17(16(2)29(15)21-10-8-20(9-11-21)28(3)4)13-22-23(30)27-24(31-22)26-19-7-5-6-18(25)14-19/h5-14H,1-4H3,(H,26,27,30)/b22-13-. The van der Waals surface area contributed by atoms with Crippen molar-refractivity contribution < 1.29 is 4.79 Å². The minimum Gasteiger partial charge on any atom is -0.378 e. The van der Waals surface area contributed by atoms with Crippen LogP contribution in [0.4, 0.5) is 11.4 Å².